The standard InChI is InChI=1S/C19H22N2O5S/c1-4-26-19(23)16-10-5-6-11-17(16)21-27(24,25)15-9-7-8-14(12-15)18(22)20-13(2)3/h5-13,21H,4H2,1-3H3,(H,20,22). The largest absolute Gasteiger partial charge is 0.462 e. The van der Waals surface area contributed by atoms with Gasteiger partial charge in [-0.2, -0.15) is 0 Å². The van der Waals surface area contributed by atoms with Crippen LogP contribution >= 0.6 is 0 Å². The number of sulfonamides is 1. The maximum Gasteiger partial charge on any atom is 0.340 e. The minimum absolute atomic E-state index is 0.0765. The van der Waals surface area contributed by atoms with Gasteiger partial charge in [-0.3, -0.25) is 9.52 Å². The molecule has 0 fully saturated rings. The van der Waals surface area contributed by atoms with Crippen LogP contribution < -0.4 is 10.0 Å². The Labute approximate surface area is 158 Å². The topological polar surface area (TPSA) is 102 Å². The number of rotatable bonds is 7. The fraction of sp³-hybridized carbons (Fsp3) is 0.263. The third-order valence-corrected chi connectivity index (χ3v) is 4.86. The number of benzene rings is 2. The SMILES string of the molecule is CCOC(=O)c1ccccc1NS(=O)(=O)c1cccc(C(=O)NC(C)C)c1. The fourth-order valence-electron chi connectivity index (χ4n) is 2.31. The predicted octanol–water partition coefficient (Wildman–Crippen LogP) is 2.80. The van der Waals surface area contributed by atoms with E-state index in [0.29, 0.717) is 0 Å². The van der Waals surface area contributed by atoms with Crippen molar-refractivity contribution in [2.24, 2.45) is 0 Å². The van der Waals surface area contributed by atoms with E-state index in [9.17, 15) is 18.0 Å². The Bertz CT molecular complexity index is 939. The van der Waals surface area contributed by atoms with Crippen LogP contribution in [0.1, 0.15) is 41.5 Å². The molecule has 0 aromatic heterocycles. The molecule has 8 heteroatoms. The van der Waals surface area contributed by atoms with E-state index < -0.39 is 16.0 Å². The summed E-state index contributed by atoms with van der Waals surface area (Å²) < 4.78 is 32.8. The first-order valence-corrected chi connectivity index (χ1v) is 9.92. The zero-order valence-corrected chi connectivity index (χ0v) is 16.2. The molecule has 144 valence electrons. The van der Waals surface area contributed by atoms with E-state index in [4.69, 9.17) is 4.74 Å². The fourth-order valence-corrected chi connectivity index (χ4v) is 3.44. The lowest BCUT2D eigenvalue weighted by Crippen LogP contribution is -2.30. The summed E-state index contributed by atoms with van der Waals surface area (Å²) >= 11 is 0. The van der Waals surface area contributed by atoms with Crippen LogP contribution in [0, 0.1) is 0 Å². The van der Waals surface area contributed by atoms with Crippen molar-refractivity contribution in [1.82, 2.24) is 5.32 Å². The average Bonchev–Trinajstić information content (AvgIpc) is 2.61. The van der Waals surface area contributed by atoms with Gasteiger partial charge in [0, 0.05) is 11.6 Å². The zero-order chi connectivity index (χ0) is 20.0. The van der Waals surface area contributed by atoms with E-state index in [-0.39, 0.29) is 40.3 Å². The molecule has 0 unspecified atom stereocenters. The Morgan fingerprint density at radius 3 is 2.44 bits per heavy atom. The van der Waals surface area contributed by atoms with E-state index in [1.54, 1.807) is 19.1 Å². The van der Waals surface area contributed by atoms with Gasteiger partial charge in [0.25, 0.3) is 15.9 Å². The first-order chi connectivity index (χ1) is 12.7. The third kappa shape index (κ3) is 5.30. The lowest BCUT2D eigenvalue weighted by molar-refractivity contribution is 0.0527. The van der Waals surface area contributed by atoms with Crippen molar-refractivity contribution in [2.45, 2.75) is 31.7 Å². The molecule has 0 aliphatic heterocycles. The molecule has 0 heterocycles. The van der Waals surface area contributed by atoms with Gasteiger partial charge in [0.15, 0.2) is 0 Å². The van der Waals surface area contributed by atoms with Crippen LogP contribution in [-0.2, 0) is 14.8 Å². The molecular formula is C19H22N2O5S. The molecule has 0 radical (unpaired) electrons. The highest BCUT2D eigenvalue weighted by Gasteiger charge is 2.20. The smallest absolute Gasteiger partial charge is 0.340 e. The van der Waals surface area contributed by atoms with E-state index in [2.05, 4.69) is 10.0 Å². The second kappa shape index (κ2) is 8.68. The van der Waals surface area contributed by atoms with Crippen molar-refractivity contribution < 1.29 is 22.7 Å². The highest BCUT2D eigenvalue weighted by Crippen LogP contribution is 2.21. The van der Waals surface area contributed by atoms with Crippen LogP contribution in [0.2, 0.25) is 0 Å². The van der Waals surface area contributed by atoms with Crippen LogP contribution in [0.15, 0.2) is 53.4 Å². The molecule has 7 nitrogen and oxygen atoms in total. The highest BCUT2D eigenvalue weighted by atomic mass is 32.2. The van der Waals surface area contributed by atoms with Crippen LogP contribution in [0.25, 0.3) is 0 Å². The third-order valence-electron chi connectivity index (χ3n) is 3.49. The van der Waals surface area contributed by atoms with Crippen LogP contribution in [0.5, 0.6) is 0 Å². The molecule has 27 heavy (non-hydrogen) atoms. The van der Waals surface area contributed by atoms with Gasteiger partial charge in [-0.25, -0.2) is 13.2 Å². The quantitative estimate of drug-likeness (QED) is 0.708. The van der Waals surface area contributed by atoms with Crippen LogP contribution in [0.4, 0.5) is 5.69 Å². The Balaban J connectivity index is 2.33. The number of para-hydroxylation sites is 1. The van der Waals surface area contributed by atoms with Gasteiger partial charge in [-0.05, 0) is 51.1 Å². The van der Waals surface area contributed by atoms with E-state index in [1.165, 1.54) is 36.4 Å². The van der Waals surface area contributed by atoms with Crippen LogP contribution in [-0.4, -0.2) is 32.9 Å². The molecule has 2 rings (SSSR count). The van der Waals surface area contributed by atoms with Crippen molar-refractivity contribution in [3.8, 4) is 0 Å². The number of hydrogen-bond donors (Lipinski definition) is 2. The van der Waals surface area contributed by atoms with Gasteiger partial charge < -0.3 is 10.1 Å². The van der Waals surface area contributed by atoms with Crippen molar-refractivity contribution in [3.05, 3.63) is 59.7 Å². The molecule has 0 atom stereocenters. The molecular weight excluding hydrogens is 368 g/mol. The van der Waals surface area contributed by atoms with Crippen molar-refractivity contribution >= 4 is 27.6 Å². The lowest BCUT2D eigenvalue weighted by atomic mass is 10.2. The maximum absolute atomic E-state index is 12.7. The number of esters is 1. The molecule has 2 aromatic rings. The van der Waals surface area contributed by atoms with Crippen molar-refractivity contribution in [2.75, 3.05) is 11.3 Å². The summed E-state index contributed by atoms with van der Waals surface area (Å²) in [4.78, 5) is 24.1. The monoisotopic (exact) mass is 390 g/mol. The van der Waals surface area contributed by atoms with Crippen molar-refractivity contribution in [3.63, 3.8) is 0 Å². The number of anilines is 1. The van der Waals surface area contributed by atoms with Gasteiger partial charge >= 0.3 is 5.97 Å². The molecule has 0 spiro atoms. The average molecular weight is 390 g/mol. The molecule has 1 amide bonds. The number of ether oxygens (including phenoxy) is 1. The lowest BCUT2D eigenvalue weighted by Gasteiger charge is -2.13. The van der Waals surface area contributed by atoms with E-state index >= 15 is 0 Å². The van der Waals surface area contributed by atoms with Gasteiger partial charge in [-0.1, -0.05) is 18.2 Å². The number of carbonyl (C=O) groups is 2. The minimum atomic E-state index is -4.01. The summed E-state index contributed by atoms with van der Waals surface area (Å²) in [5.74, 6) is -0.991. The van der Waals surface area contributed by atoms with Gasteiger partial charge in [-0.15, -0.1) is 0 Å². The van der Waals surface area contributed by atoms with Gasteiger partial charge in [0.2, 0.25) is 0 Å². The number of amides is 1. The Morgan fingerprint density at radius 2 is 1.78 bits per heavy atom. The number of carbonyl (C=O) groups excluding carboxylic acids is 2. The summed E-state index contributed by atoms with van der Waals surface area (Å²) in [5, 5.41) is 2.71. The molecule has 2 N–H and O–H groups in total. The Morgan fingerprint density at radius 1 is 1.07 bits per heavy atom. The molecule has 0 aliphatic rings. The van der Waals surface area contributed by atoms with Gasteiger partial charge in [0.05, 0.1) is 22.8 Å². The van der Waals surface area contributed by atoms with Crippen LogP contribution in [0.3, 0.4) is 0 Å². The predicted molar refractivity (Wildman–Crippen MR) is 102 cm³/mol. The summed E-state index contributed by atoms with van der Waals surface area (Å²) in [6, 6.07) is 11.8. The molecule has 0 aliphatic carbocycles. The summed E-state index contributed by atoms with van der Waals surface area (Å²) in [5.41, 5.74) is 0.440. The van der Waals surface area contributed by atoms with Crippen molar-refractivity contribution in [1.29, 1.82) is 0 Å². The highest BCUT2D eigenvalue weighted by molar-refractivity contribution is 7.92. The normalized spacial score (nSPS) is 11.1. The molecule has 0 bridgehead atoms. The first-order valence-electron chi connectivity index (χ1n) is 8.44. The summed E-state index contributed by atoms with van der Waals surface area (Å²) in [6.45, 7) is 5.46. The van der Waals surface area contributed by atoms with Gasteiger partial charge in [0.1, 0.15) is 0 Å². The second-order valence-corrected chi connectivity index (χ2v) is 7.71. The van der Waals surface area contributed by atoms with E-state index in [0.717, 1.165) is 0 Å². The maximum atomic E-state index is 12.7. The second-order valence-electron chi connectivity index (χ2n) is 6.03. The molecule has 0 saturated carbocycles. The molecule has 2 aromatic carbocycles. The number of hydrogen-bond acceptors (Lipinski definition) is 5. The zero-order valence-electron chi connectivity index (χ0n) is 15.4. The van der Waals surface area contributed by atoms with E-state index in [1.807, 2.05) is 13.8 Å². The number of nitrogens with one attached hydrogen (secondary N) is 2. The molecule has 0 saturated heterocycles. The summed E-state index contributed by atoms with van der Waals surface area (Å²) in [7, 11) is -4.01. The minimum Gasteiger partial charge on any atom is -0.462 e. The summed E-state index contributed by atoms with van der Waals surface area (Å²) in [6.07, 6.45) is 0. The first kappa shape index (κ1) is 20.4. The Kier molecular flexibility index (Phi) is 6.57. The Hall–Kier alpha value is -2.87.